The molecule has 2 nitrogen and oxygen atoms in total. The largest absolute Gasteiger partial charge is 1.00 e. The Labute approximate surface area is 94.7 Å². The molecule has 0 aliphatic rings. The summed E-state index contributed by atoms with van der Waals surface area (Å²) in [5, 5.41) is 0. The molecule has 0 atom stereocenters. The van der Waals surface area contributed by atoms with Crippen molar-refractivity contribution in [3.05, 3.63) is 30.1 Å². The van der Waals surface area contributed by atoms with Gasteiger partial charge in [-0.3, -0.25) is 0 Å². The van der Waals surface area contributed by atoms with Gasteiger partial charge in [0.2, 0.25) is 0 Å². The number of aryl methyl sites for hydroxylation is 1. The van der Waals surface area contributed by atoms with Gasteiger partial charge in [-0.1, -0.05) is 12.1 Å². The molecule has 0 saturated heterocycles. The number of imidazole rings is 1. The Hall–Kier alpha value is -0.363. The Morgan fingerprint density at radius 2 is 2.08 bits per heavy atom. The first kappa shape index (κ1) is 10.7. The smallest absolute Gasteiger partial charge is 0.792 e. The van der Waals surface area contributed by atoms with Crippen LogP contribution in [0.25, 0.3) is 11.0 Å². The predicted molar refractivity (Wildman–Crippen MR) is 52.0 cm³/mol. The van der Waals surface area contributed by atoms with E-state index in [0.717, 1.165) is 29.0 Å². The summed E-state index contributed by atoms with van der Waals surface area (Å²) in [5.74, 6) is 1.71. The van der Waals surface area contributed by atoms with E-state index in [4.69, 9.17) is 12.6 Å². The van der Waals surface area contributed by atoms with Crippen LogP contribution in [0.3, 0.4) is 0 Å². The summed E-state index contributed by atoms with van der Waals surface area (Å²) in [5.41, 5.74) is 2.12. The van der Waals surface area contributed by atoms with Crippen LogP contribution in [-0.4, -0.2) is 15.7 Å². The first-order valence-electron chi connectivity index (χ1n) is 3.92. The molecule has 0 unspecified atom stereocenters. The topological polar surface area (TPSA) is 28.7 Å². The third-order valence-corrected chi connectivity index (χ3v) is 1.98. The second-order valence-electron chi connectivity index (χ2n) is 2.65. The number of nitrogens with one attached hydrogen (secondary N) is 1. The van der Waals surface area contributed by atoms with Crippen molar-refractivity contribution >= 4 is 23.7 Å². The van der Waals surface area contributed by atoms with Crippen LogP contribution in [0.15, 0.2) is 24.3 Å². The normalized spacial score (nSPS) is 9.92. The van der Waals surface area contributed by atoms with Crippen LogP contribution in [0.2, 0.25) is 0 Å². The van der Waals surface area contributed by atoms with Crippen LogP contribution in [0.5, 0.6) is 0 Å². The summed E-state index contributed by atoms with van der Waals surface area (Å²) in [6.45, 7) is 0. The van der Waals surface area contributed by atoms with E-state index in [1.54, 1.807) is 0 Å². The Morgan fingerprint density at radius 3 is 2.77 bits per heavy atom. The van der Waals surface area contributed by atoms with Gasteiger partial charge >= 0.3 is 18.9 Å². The molecule has 0 amide bonds. The molecule has 0 fully saturated rings. The van der Waals surface area contributed by atoms with E-state index in [1.165, 1.54) is 0 Å². The molecule has 0 aliphatic heterocycles. The molecule has 0 aliphatic carbocycles. The molecule has 0 spiro atoms. The number of fused-ring (bicyclic) bond motifs is 1. The van der Waals surface area contributed by atoms with Crippen LogP contribution in [0, 0.1) is 0 Å². The van der Waals surface area contributed by atoms with Gasteiger partial charge in [-0.05, 0) is 18.6 Å². The van der Waals surface area contributed by atoms with Gasteiger partial charge in [0.25, 0.3) is 0 Å². The zero-order chi connectivity index (χ0) is 8.39. The SMILES string of the molecule is [Li+].[S-]CCc1nc2ccccc2[nH]1. The van der Waals surface area contributed by atoms with E-state index in [9.17, 15) is 0 Å². The van der Waals surface area contributed by atoms with Gasteiger partial charge in [-0.15, -0.1) is 0 Å². The molecular formula is C9H9LiN2S. The van der Waals surface area contributed by atoms with E-state index in [2.05, 4.69) is 9.97 Å². The van der Waals surface area contributed by atoms with Crippen molar-refractivity contribution in [1.82, 2.24) is 9.97 Å². The van der Waals surface area contributed by atoms with Crippen molar-refractivity contribution in [2.45, 2.75) is 6.42 Å². The molecule has 0 bridgehead atoms. The van der Waals surface area contributed by atoms with Crippen LogP contribution in [-0.2, 0) is 19.0 Å². The number of aromatic amines is 1. The molecule has 1 N–H and O–H groups in total. The molecule has 1 aromatic carbocycles. The number of para-hydroxylation sites is 2. The Kier molecular flexibility index (Phi) is 3.92. The van der Waals surface area contributed by atoms with Crippen LogP contribution in [0.4, 0.5) is 0 Å². The molecule has 2 aromatic rings. The van der Waals surface area contributed by atoms with E-state index in [1.807, 2.05) is 24.3 Å². The molecule has 62 valence electrons. The number of benzene rings is 1. The second kappa shape index (κ2) is 4.76. The first-order valence-corrected chi connectivity index (χ1v) is 4.49. The Bertz CT molecular complexity index is 353. The fraction of sp³-hybridized carbons (Fsp3) is 0.222. The summed E-state index contributed by atoms with van der Waals surface area (Å²) in [4.78, 5) is 7.60. The number of hydrogen-bond acceptors (Lipinski definition) is 2. The maximum absolute atomic E-state index is 4.88. The predicted octanol–water partition coefficient (Wildman–Crippen LogP) is -1.34. The third kappa shape index (κ3) is 2.31. The van der Waals surface area contributed by atoms with E-state index >= 15 is 0 Å². The average molecular weight is 184 g/mol. The second-order valence-corrected chi connectivity index (χ2v) is 3.06. The van der Waals surface area contributed by atoms with Crippen molar-refractivity contribution in [2.75, 3.05) is 5.75 Å². The molecule has 0 saturated carbocycles. The summed E-state index contributed by atoms with van der Waals surface area (Å²) in [6, 6.07) is 8.01. The first-order chi connectivity index (χ1) is 5.90. The molecule has 2 rings (SSSR count). The van der Waals surface area contributed by atoms with Gasteiger partial charge in [-0.25, -0.2) is 4.98 Å². The van der Waals surface area contributed by atoms with Crippen molar-refractivity contribution in [2.24, 2.45) is 0 Å². The molecular weight excluding hydrogens is 175 g/mol. The molecule has 4 heteroatoms. The van der Waals surface area contributed by atoms with Crippen LogP contribution >= 0.6 is 0 Å². The number of nitrogens with zero attached hydrogens (tertiary/aromatic N) is 1. The maximum Gasteiger partial charge on any atom is 1.00 e. The van der Waals surface area contributed by atoms with E-state index in [0.29, 0.717) is 0 Å². The van der Waals surface area contributed by atoms with Crippen LogP contribution in [0.1, 0.15) is 5.82 Å². The molecule has 13 heavy (non-hydrogen) atoms. The van der Waals surface area contributed by atoms with E-state index in [-0.39, 0.29) is 18.9 Å². The number of hydrogen-bond donors (Lipinski definition) is 1. The van der Waals surface area contributed by atoms with Gasteiger partial charge in [0, 0.05) is 0 Å². The molecule has 0 radical (unpaired) electrons. The Balaban J connectivity index is 0.000000845. The minimum atomic E-state index is 0. The molecule has 1 aromatic heterocycles. The van der Waals surface area contributed by atoms with Gasteiger partial charge in [0.05, 0.1) is 11.0 Å². The van der Waals surface area contributed by atoms with Gasteiger partial charge < -0.3 is 17.6 Å². The number of H-pyrrole nitrogens is 1. The van der Waals surface area contributed by atoms with Crippen molar-refractivity contribution < 1.29 is 18.9 Å². The molecule has 1 heterocycles. The maximum atomic E-state index is 4.88. The van der Waals surface area contributed by atoms with Crippen LogP contribution < -0.4 is 18.9 Å². The van der Waals surface area contributed by atoms with Crippen molar-refractivity contribution in [3.8, 4) is 0 Å². The van der Waals surface area contributed by atoms with Gasteiger partial charge in [0.15, 0.2) is 0 Å². The summed E-state index contributed by atoms with van der Waals surface area (Å²) in [7, 11) is 0. The summed E-state index contributed by atoms with van der Waals surface area (Å²) < 4.78 is 0. The fourth-order valence-corrected chi connectivity index (χ4v) is 1.41. The van der Waals surface area contributed by atoms with Gasteiger partial charge in [-0.2, -0.15) is 5.75 Å². The number of aromatic nitrogens is 2. The number of rotatable bonds is 2. The minimum Gasteiger partial charge on any atom is -0.792 e. The fourth-order valence-electron chi connectivity index (χ4n) is 1.22. The van der Waals surface area contributed by atoms with Gasteiger partial charge in [0.1, 0.15) is 5.82 Å². The average Bonchev–Trinajstić information content (AvgIpc) is 2.47. The van der Waals surface area contributed by atoms with Crippen molar-refractivity contribution in [3.63, 3.8) is 0 Å². The Morgan fingerprint density at radius 1 is 1.31 bits per heavy atom. The monoisotopic (exact) mass is 184 g/mol. The van der Waals surface area contributed by atoms with Crippen molar-refractivity contribution in [1.29, 1.82) is 0 Å². The standard InChI is InChI=1S/C9H10N2S.Li/c12-6-5-9-10-7-3-1-2-4-8(7)11-9;/h1-4,12H,5-6H2,(H,10,11);/q;+1/p-1. The summed E-state index contributed by atoms with van der Waals surface area (Å²) >= 11 is 4.88. The zero-order valence-corrected chi connectivity index (χ0v) is 8.40. The third-order valence-electron chi connectivity index (χ3n) is 1.78. The van der Waals surface area contributed by atoms with E-state index < -0.39 is 0 Å². The zero-order valence-electron chi connectivity index (χ0n) is 7.58. The quantitative estimate of drug-likeness (QED) is 0.462. The summed E-state index contributed by atoms with van der Waals surface area (Å²) in [6.07, 6.45) is 0.851. The minimum absolute atomic E-state index is 0.